The van der Waals surface area contributed by atoms with Crippen LogP contribution in [0.2, 0.25) is 0 Å². The Labute approximate surface area is 144 Å². The van der Waals surface area contributed by atoms with Gasteiger partial charge in [-0.2, -0.15) is 0 Å². The molecule has 0 saturated heterocycles. The van der Waals surface area contributed by atoms with E-state index in [1.165, 1.54) is 0 Å². The molecule has 2 aromatic heterocycles. The minimum Gasteiger partial charge on any atom is -0.480 e. The minimum atomic E-state index is -0.846. The number of hydrogen-bond acceptors (Lipinski definition) is 2. The summed E-state index contributed by atoms with van der Waals surface area (Å²) in [5, 5.41) is 14.9. The van der Waals surface area contributed by atoms with Gasteiger partial charge in [0.05, 0.1) is 0 Å². The molecule has 1 atom stereocenters. The predicted molar refractivity (Wildman–Crippen MR) is 98.6 cm³/mol. The van der Waals surface area contributed by atoms with Crippen LogP contribution < -0.4 is 5.32 Å². The number of aromatic nitrogens is 2. The van der Waals surface area contributed by atoms with Crippen molar-refractivity contribution in [1.29, 1.82) is 0 Å². The number of nitrogens with one attached hydrogen (secondary N) is 3. The summed E-state index contributed by atoms with van der Waals surface area (Å²) >= 11 is 0. The van der Waals surface area contributed by atoms with Gasteiger partial charge in [0.2, 0.25) is 0 Å². The van der Waals surface area contributed by atoms with Crippen LogP contribution in [0.3, 0.4) is 0 Å². The molecule has 2 aromatic carbocycles. The van der Waals surface area contributed by atoms with Crippen LogP contribution in [0.5, 0.6) is 0 Å². The summed E-state index contributed by atoms with van der Waals surface area (Å²) in [7, 11) is 0. The molecule has 0 aliphatic heterocycles. The normalized spacial score (nSPS) is 12.6. The average Bonchev–Trinajstić information content (AvgIpc) is 3.22. The monoisotopic (exact) mass is 333 g/mol. The van der Waals surface area contributed by atoms with Crippen molar-refractivity contribution in [3.05, 3.63) is 72.1 Å². The number of aromatic amines is 2. The van der Waals surface area contributed by atoms with Gasteiger partial charge >= 0.3 is 5.97 Å². The van der Waals surface area contributed by atoms with Crippen molar-refractivity contribution < 1.29 is 9.90 Å². The highest BCUT2D eigenvalue weighted by Gasteiger charge is 2.19. The number of hydrogen-bond donors (Lipinski definition) is 4. The minimum absolute atomic E-state index is 0.430. The third kappa shape index (κ3) is 3.14. The zero-order valence-electron chi connectivity index (χ0n) is 13.6. The molecule has 0 amide bonds. The lowest BCUT2D eigenvalue weighted by Gasteiger charge is -2.13. The number of rotatable bonds is 6. The Hall–Kier alpha value is -3.05. The van der Waals surface area contributed by atoms with Gasteiger partial charge in [0.15, 0.2) is 0 Å². The van der Waals surface area contributed by atoms with Crippen LogP contribution in [-0.2, 0) is 17.8 Å². The maximum atomic E-state index is 11.7. The Kier molecular flexibility index (Phi) is 3.99. The van der Waals surface area contributed by atoms with E-state index in [1.807, 2.05) is 60.8 Å². The fourth-order valence-electron chi connectivity index (χ4n) is 3.23. The molecule has 0 radical (unpaired) electrons. The van der Waals surface area contributed by atoms with Crippen LogP contribution in [0.15, 0.2) is 60.8 Å². The molecular formula is C20H19N3O2. The van der Waals surface area contributed by atoms with Crippen molar-refractivity contribution in [3.8, 4) is 0 Å². The number of para-hydroxylation sites is 2. The summed E-state index contributed by atoms with van der Waals surface area (Å²) in [6, 6.07) is 17.4. The van der Waals surface area contributed by atoms with Crippen molar-refractivity contribution in [1.82, 2.24) is 15.3 Å². The Morgan fingerprint density at radius 1 is 1.08 bits per heavy atom. The van der Waals surface area contributed by atoms with E-state index in [1.54, 1.807) is 0 Å². The van der Waals surface area contributed by atoms with E-state index >= 15 is 0 Å². The topological polar surface area (TPSA) is 80.9 Å². The van der Waals surface area contributed by atoms with E-state index < -0.39 is 12.0 Å². The smallest absolute Gasteiger partial charge is 0.321 e. The van der Waals surface area contributed by atoms with E-state index in [2.05, 4.69) is 15.3 Å². The van der Waals surface area contributed by atoms with Gasteiger partial charge in [0, 0.05) is 41.3 Å². The van der Waals surface area contributed by atoms with E-state index in [0.29, 0.717) is 13.0 Å². The Morgan fingerprint density at radius 3 is 2.64 bits per heavy atom. The second-order valence-corrected chi connectivity index (χ2v) is 6.22. The molecule has 0 spiro atoms. The van der Waals surface area contributed by atoms with Gasteiger partial charge in [-0.15, -0.1) is 0 Å². The van der Waals surface area contributed by atoms with Gasteiger partial charge in [-0.25, -0.2) is 0 Å². The molecule has 4 rings (SSSR count). The quantitative estimate of drug-likeness (QED) is 0.436. The number of H-pyrrole nitrogens is 2. The summed E-state index contributed by atoms with van der Waals surface area (Å²) in [5.41, 5.74) is 4.07. The average molecular weight is 333 g/mol. The SMILES string of the molecule is O=C(O)[C@H](Cc1c[nH]c2ccccc12)NCc1cc2ccccc2[nH]1. The molecule has 25 heavy (non-hydrogen) atoms. The summed E-state index contributed by atoms with van der Waals surface area (Å²) in [6.07, 6.45) is 2.32. The van der Waals surface area contributed by atoms with Crippen LogP contribution in [0.4, 0.5) is 0 Å². The van der Waals surface area contributed by atoms with Gasteiger partial charge in [-0.3, -0.25) is 10.1 Å². The van der Waals surface area contributed by atoms with Crippen molar-refractivity contribution in [2.75, 3.05) is 0 Å². The first-order chi connectivity index (χ1) is 12.2. The molecule has 0 unspecified atom stereocenters. The summed E-state index contributed by atoms with van der Waals surface area (Å²) in [4.78, 5) is 18.2. The number of benzene rings is 2. The Bertz CT molecular complexity index is 998. The summed E-state index contributed by atoms with van der Waals surface area (Å²) in [5.74, 6) is -0.846. The zero-order chi connectivity index (χ0) is 17.2. The number of carbonyl (C=O) groups is 1. The molecule has 5 nitrogen and oxygen atoms in total. The number of carboxylic acid groups (broad SMARTS) is 1. The van der Waals surface area contributed by atoms with Gasteiger partial charge in [0.25, 0.3) is 0 Å². The molecule has 0 aliphatic carbocycles. The van der Waals surface area contributed by atoms with E-state index in [-0.39, 0.29) is 0 Å². The molecule has 126 valence electrons. The lowest BCUT2D eigenvalue weighted by atomic mass is 10.0. The maximum Gasteiger partial charge on any atom is 0.321 e. The van der Waals surface area contributed by atoms with Crippen molar-refractivity contribution in [3.63, 3.8) is 0 Å². The first-order valence-corrected chi connectivity index (χ1v) is 8.28. The lowest BCUT2D eigenvalue weighted by molar-refractivity contribution is -0.139. The lowest BCUT2D eigenvalue weighted by Crippen LogP contribution is -2.38. The molecule has 4 N–H and O–H groups in total. The van der Waals surface area contributed by atoms with Crippen LogP contribution >= 0.6 is 0 Å². The number of aliphatic carboxylic acids is 1. The molecule has 4 aromatic rings. The first kappa shape index (κ1) is 15.5. The van der Waals surface area contributed by atoms with Gasteiger partial charge in [0.1, 0.15) is 6.04 Å². The van der Waals surface area contributed by atoms with Crippen molar-refractivity contribution >= 4 is 27.8 Å². The van der Waals surface area contributed by atoms with Crippen LogP contribution in [0.25, 0.3) is 21.8 Å². The second-order valence-electron chi connectivity index (χ2n) is 6.22. The highest BCUT2D eigenvalue weighted by molar-refractivity contribution is 5.84. The zero-order valence-corrected chi connectivity index (χ0v) is 13.6. The van der Waals surface area contributed by atoms with Crippen LogP contribution in [-0.4, -0.2) is 27.1 Å². The van der Waals surface area contributed by atoms with E-state index in [9.17, 15) is 9.90 Å². The molecule has 0 aliphatic rings. The maximum absolute atomic E-state index is 11.7. The van der Waals surface area contributed by atoms with Gasteiger partial charge in [-0.05, 0) is 29.1 Å². The standard InChI is InChI=1S/C20H19N3O2/c24-20(25)19(10-14-11-21-18-8-4-2-6-16(14)18)22-12-15-9-13-5-1-3-7-17(13)23-15/h1-9,11,19,21-23H,10,12H2,(H,24,25)/t19-/m0/s1. The highest BCUT2D eigenvalue weighted by atomic mass is 16.4. The number of carboxylic acids is 1. The highest BCUT2D eigenvalue weighted by Crippen LogP contribution is 2.19. The molecule has 0 saturated carbocycles. The first-order valence-electron chi connectivity index (χ1n) is 8.28. The fraction of sp³-hybridized carbons (Fsp3) is 0.150. The van der Waals surface area contributed by atoms with Crippen LogP contribution in [0, 0.1) is 0 Å². The third-order valence-electron chi connectivity index (χ3n) is 4.52. The largest absolute Gasteiger partial charge is 0.480 e. The van der Waals surface area contributed by atoms with Crippen LogP contribution in [0.1, 0.15) is 11.3 Å². The molecule has 2 heterocycles. The fourth-order valence-corrected chi connectivity index (χ4v) is 3.23. The Balaban J connectivity index is 1.50. The molecule has 0 fully saturated rings. The molecule has 5 heteroatoms. The predicted octanol–water partition coefficient (Wildman–Crippen LogP) is 3.43. The Morgan fingerprint density at radius 2 is 1.84 bits per heavy atom. The third-order valence-corrected chi connectivity index (χ3v) is 4.52. The van der Waals surface area contributed by atoms with E-state index in [0.717, 1.165) is 33.1 Å². The molecular weight excluding hydrogens is 314 g/mol. The van der Waals surface area contributed by atoms with Crippen molar-refractivity contribution in [2.45, 2.75) is 19.0 Å². The van der Waals surface area contributed by atoms with Crippen molar-refractivity contribution in [2.24, 2.45) is 0 Å². The van der Waals surface area contributed by atoms with Gasteiger partial charge in [-0.1, -0.05) is 36.4 Å². The summed E-state index contributed by atoms with van der Waals surface area (Å²) < 4.78 is 0. The van der Waals surface area contributed by atoms with Gasteiger partial charge < -0.3 is 15.1 Å². The van der Waals surface area contributed by atoms with E-state index in [4.69, 9.17) is 0 Å². The number of fused-ring (bicyclic) bond motifs is 2. The summed E-state index contributed by atoms with van der Waals surface area (Å²) in [6.45, 7) is 0.480. The second kappa shape index (κ2) is 6.45. The molecule has 0 bridgehead atoms.